The molecule has 0 saturated carbocycles. The molecule has 570 valence electrons. The minimum atomic E-state index is 0.587. The molecule has 16 aromatic carbocycles. The molecule has 12 heteroatoms. The molecule has 0 aliphatic carbocycles. The number of benzene rings is 16. The van der Waals surface area contributed by atoms with Crippen molar-refractivity contribution in [2.45, 2.75) is 0 Å². The molecule has 122 heavy (non-hydrogen) atoms. The minimum Gasteiger partial charge on any atom is -0.228 e. The first-order valence-electron chi connectivity index (χ1n) is 40.6. The van der Waals surface area contributed by atoms with E-state index in [9.17, 15) is 0 Å². The molecule has 0 N–H and O–H groups in total. The summed E-state index contributed by atoms with van der Waals surface area (Å²) in [7, 11) is 0. The molecule has 0 spiro atoms. The lowest BCUT2D eigenvalue weighted by Crippen LogP contribution is -2.01. The number of thiophene rings is 2. The summed E-state index contributed by atoms with van der Waals surface area (Å²) in [6.07, 6.45) is 0. The molecule has 22 aromatic rings. The number of hydrogen-bond donors (Lipinski definition) is 0. The van der Waals surface area contributed by atoms with Gasteiger partial charge in [-0.25, -0.2) is 49.8 Å². The van der Waals surface area contributed by atoms with Crippen LogP contribution in [0, 0.1) is 0 Å². The monoisotopic (exact) mass is 1590 g/mol. The summed E-state index contributed by atoms with van der Waals surface area (Å²) in [5.74, 6) is 4.95. The van der Waals surface area contributed by atoms with Crippen molar-refractivity contribution in [2.75, 3.05) is 0 Å². The van der Waals surface area contributed by atoms with E-state index in [-0.39, 0.29) is 0 Å². The van der Waals surface area contributed by atoms with Crippen LogP contribution in [0.5, 0.6) is 0 Å². The zero-order valence-corrected chi connectivity index (χ0v) is 67.2. The molecule has 0 saturated heterocycles. The second-order valence-corrected chi connectivity index (χ2v) is 32.2. The normalized spacial score (nSPS) is 11.4. The van der Waals surface area contributed by atoms with E-state index in [0.29, 0.717) is 46.6 Å². The summed E-state index contributed by atoms with van der Waals surface area (Å²) in [4.78, 5) is 51.9. The van der Waals surface area contributed by atoms with E-state index < -0.39 is 0 Å². The maximum Gasteiger partial charge on any atom is 0.164 e. The lowest BCUT2D eigenvalue weighted by Gasteiger charge is -2.14. The van der Waals surface area contributed by atoms with Crippen LogP contribution in [0.4, 0.5) is 0 Å². The van der Waals surface area contributed by atoms with Crippen molar-refractivity contribution in [2.24, 2.45) is 0 Å². The quantitative estimate of drug-likeness (QED) is 0.0869. The first kappa shape index (κ1) is 72.6. The molecule has 22 rings (SSSR count). The molecule has 0 atom stereocenters. The molecular formula is C110H68N10S2. The van der Waals surface area contributed by atoms with Gasteiger partial charge in [-0.1, -0.05) is 376 Å². The Labute approximate surface area is 712 Å². The maximum absolute atomic E-state index is 5.46. The van der Waals surface area contributed by atoms with E-state index >= 15 is 0 Å². The standard InChI is InChI=1S/C110H68N10S2/c1-8-25-72(26-9-1)93-67-95(113-103(111-93)77-29-12-3-13-30-77)74-49-43-69(44-50-74)70-45-51-76(52-46-70)100-92(110-119-107(80-35-18-6-19-36-80)118-108(120-110)81-37-20-7-21-38-81)64-63-91-89-60-59-85(66-98(89)122-102(91)100)84-39-24-40-86(65-84)96-68-94(73-27-10-2-11-28-73)112-104(114-96)82-55-47-71(48-56-82)87-61-62-90-88-41-22-23-42-97(88)121-101(90)99(87)75-53-57-83(58-54-75)109-116-105(78-31-14-4-15-32-78)115-106(117-109)79-33-16-5-17-34-79/h1-68H. The van der Waals surface area contributed by atoms with Crippen LogP contribution in [0.3, 0.4) is 0 Å². The predicted octanol–water partition coefficient (Wildman–Crippen LogP) is 28.7. The van der Waals surface area contributed by atoms with E-state index in [1.807, 2.05) is 151 Å². The average molecular weight is 1590 g/mol. The summed E-state index contributed by atoms with van der Waals surface area (Å²) in [5, 5.41) is 4.76. The lowest BCUT2D eigenvalue weighted by molar-refractivity contribution is 1.07. The molecular weight excluding hydrogens is 1530 g/mol. The summed E-state index contributed by atoms with van der Waals surface area (Å²) < 4.78 is 4.74. The molecule has 0 unspecified atom stereocenters. The van der Waals surface area contributed by atoms with E-state index in [4.69, 9.17) is 49.8 Å². The van der Waals surface area contributed by atoms with Gasteiger partial charge in [-0.15, -0.1) is 22.7 Å². The third kappa shape index (κ3) is 14.1. The van der Waals surface area contributed by atoms with Crippen molar-refractivity contribution in [1.82, 2.24) is 49.8 Å². The van der Waals surface area contributed by atoms with Gasteiger partial charge in [0.1, 0.15) is 0 Å². The van der Waals surface area contributed by atoms with Crippen molar-refractivity contribution < 1.29 is 0 Å². The SMILES string of the molecule is c1ccc(-c2cc(-c3ccc(-c4ccc(-c5c(-c6nc(-c7ccccc7)nc(-c7ccccc7)n6)ccc6c5sc5cc(-c7cccc(-c8cc(-c9ccccc9)nc(-c9ccc(-c%10ccc%11c(sc%12ccccc%12%11)c%10-c%10ccc(-c%11nc(-c%12ccccc%12)nc(-c%12ccccc%12)n%11)cc%10)cc9)n8)c7)ccc56)cc4)cc3)nc(-c3ccccc3)n2)cc1. The van der Waals surface area contributed by atoms with Crippen molar-refractivity contribution in [3.05, 3.63) is 413 Å². The molecule has 0 radical (unpaired) electrons. The highest BCUT2D eigenvalue weighted by molar-refractivity contribution is 7.26. The van der Waals surface area contributed by atoms with E-state index in [0.717, 1.165) is 165 Å². The zero-order valence-electron chi connectivity index (χ0n) is 65.5. The molecule has 0 aliphatic rings. The number of fused-ring (bicyclic) bond motifs is 6. The predicted molar refractivity (Wildman–Crippen MR) is 503 cm³/mol. The Balaban J connectivity index is 0.612. The van der Waals surface area contributed by atoms with Crippen LogP contribution in [0.25, 0.3) is 232 Å². The third-order valence-corrected chi connectivity index (χ3v) is 24.9. The van der Waals surface area contributed by atoms with Crippen molar-refractivity contribution in [3.8, 4) is 192 Å². The van der Waals surface area contributed by atoms with E-state index in [1.165, 1.54) is 20.2 Å². The molecule has 0 aliphatic heterocycles. The van der Waals surface area contributed by atoms with Crippen molar-refractivity contribution >= 4 is 63.0 Å². The molecule has 0 fully saturated rings. The Morgan fingerprint density at radius 2 is 0.410 bits per heavy atom. The molecule has 6 aromatic heterocycles. The van der Waals surface area contributed by atoms with Crippen LogP contribution in [-0.2, 0) is 0 Å². The number of rotatable bonds is 17. The van der Waals surface area contributed by atoms with Gasteiger partial charge >= 0.3 is 0 Å². The number of hydrogen-bond acceptors (Lipinski definition) is 12. The van der Waals surface area contributed by atoms with Gasteiger partial charge in [0.15, 0.2) is 46.6 Å². The fourth-order valence-corrected chi connectivity index (χ4v) is 18.9. The third-order valence-electron chi connectivity index (χ3n) is 22.5. The summed E-state index contributed by atoms with van der Waals surface area (Å²) >= 11 is 3.62. The molecule has 0 amide bonds. The fraction of sp³-hybridized carbons (Fsp3) is 0. The summed E-state index contributed by atoms with van der Waals surface area (Å²) in [5.41, 5.74) is 25.5. The van der Waals surface area contributed by atoms with Gasteiger partial charge in [0.2, 0.25) is 0 Å². The minimum absolute atomic E-state index is 0.587. The highest BCUT2D eigenvalue weighted by atomic mass is 32.1. The summed E-state index contributed by atoms with van der Waals surface area (Å²) in [6, 6.07) is 144. The van der Waals surface area contributed by atoms with Gasteiger partial charge < -0.3 is 0 Å². The van der Waals surface area contributed by atoms with Gasteiger partial charge in [-0.3, -0.25) is 0 Å². The smallest absolute Gasteiger partial charge is 0.164 e. The Bertz CT molecular complexity index is 7500. The largest absolute Gasteiger partial charge is 0.228 e. The van der Waals surface area contributed by atoms with Crippen molar-refractivity contribution in [3.63, 3.8) is 0 Å². The highest BCUT2D eigenvalue weighted by Gasteiger charge is 2.25. The van der Waals surface area contributed by atoms with Gasteiger partial charge in [0.05, 0.1) is 22.8 Å². The van der Waals surface area contributed by atoms with Crippen LogP contribution in [-0.4, -0.2) is 49.8 Å². The second-order valence-electron chi connectivity index (χ2n) is 30.1. The molecule has 10 nitrogen and oxygen atoms in total. The second kappa shape index (κ2) is 31.5. The molecule has 0 bridgehead atoms. The van der Waals surface area contributed by atoms with Crippen LogP contribution in [0.2, 0.25) is 0 Å². The Morgan fingerprint density at radius 3 is 0.852 bits per heavy atom. The van der Waals surface area contributed by atoms with Gasteiger partial charge in [0, 0.05) is 118 Å². The Hall–Kier alpha value is -15.9. The highest BCUT2D eigenvalue weighted by Crippen LogP contribution is 2.49. The van der Waals surface area contributed by atoms with Crippen LogP contribution in [0.1, 0.15) is 0 Å². The Kier molecular flexibility index (Phi) is 18.8. The topological polar surface area (TPSA) is 129 Å². The fourth-order valence-electron chi connectivity index (χ4n) is 16.3. The number of aromatic nitrogens is 10. The summed E-state index contributed by atoms with van der Waals surface area (Å²) in [6.45, 7) is 0. The van der Waals surface area contributed by atoms with Crippen LogP contribution >= 0.6 is 22.7 Å². The maximum atomic E-state index is 5.46. The van der Waals surface area contributed by atoms with Crippen LogP contribution < -0.4 is 0 Å². The van der Waals surface area contributed by atoms with Gasteiger partial charge in [-0.2, -0.15) is 0 Å². The zero-order chi connectivity index (χ0) is 80.8. The van der Waals surface area contributed by atoms with Gasteiger partial charge in [-0.05, 0) is 80.9 Å². The van der Waals surface area contributed by atoms with Crippen molar-refractivity contribution in [1.29, 1.82) is 0 Å². The average Bonchev–Trinajstić information content (AvgIpc) is 1.57. The van der Waals surface area contributed by atoms with Crippen LogP contribution in [0.15, 0.2) is 413 Å². The first-order chi connectivity index (χ1) is 60.4. The lowest BCUT2D eigenvalue weighted by atomic mass is 9.92. The van der Waals surface area contributed by atoms with Gasteiger partial charge in [0.25, 0.3) is 0 Å². The first-order valence-corrected chi connectivity index (χ1v) is 42.2. The van der Waals surface area contributed by atoms with E-state index in [2.05, 4.69) is 273 Å². The van der Waals surface area contributed by atoms with E-state index in [1.54, 1.807) is 11.3 Å². The Morgan fingerprint density at radius 1 is 0.139 bits per heavy atom. The number of nitrogens with zero attached hydrogens (tertiary/aromatic N) is 10. The molecule has 6 heterocycles.